The quantitative estimate of drug-likeness (QED) is 0.452. The Balaban J connectivity index is 1.46. The first kappa shape index (κ1) is 18.1. The van der Waals surface area contributed by atoms with Gasteiger partial charge in [-0.3, -0.25) is 9.36 Å². The van der Waals surface area contributed by atoms with E-state index in [0.717, 1.165) is 26.1 Å². The van der Waals surface area contributed by atoms with Crippen LogP contribution < -0.4 is 5.32 Å². The number of hydrogen-bond acceptors (Lipinski definition) is 7. The zero-order valence-electron chi connectivity index (χ0n) is 14.7. The van der Waals surface area contributed by atoms with Gasteiger partial charge in [0.05, 0.1) is 20.8 Å². The van der Waals surface area contributed by atoms with Crippen LogP contribution in [0.2, 0.25) is 0 Å². The third kappa shape index (κ3) is 3.90. The summed E-state index contributed by atoms with van der Waals surface area (Å²) in [5.74, 6) is 0.995. The van der Waals surface area contributed by atoms with Crippen molar-refractivity contribution in [1.82, 2.24) is 19.7 Å². The van der Waals surface area contributed by atoms with Crippen molar-refractivity contribution >= 4 is 55.7 Å². The van der Waals surface area contributed by atoms with Crippen LogP contribution in [0.15, 0.2) is 46.9 Å². The number of carbonyl (C=O) groups is 1. The molecule has 0 fully saturated rings. The van der Waals surface area contributed by atoms with Crippen molar-refractivity contribution in [1.29, 1.82) is 0 Å². The molecule has 0 spiro atoms. The van der Waals surface area contributed by atoms with E-state index < -0.39 is 0 Å². The molecule has 0 aliphatic rings. The van der Waals surface area contributed by atoms with Crippen LogP contribution in [0, 0.1) is 0 Å². The number of para-hydroxylation sites is 1. The highest BCUT2D eigenvalue weighted by Crippen LogP contribution is 2.30. The molecule has 0 unspecified atom stereocenters. The number of carbonyl (C=O) groups excluding carboxylic acids is 1. The molecule has 4 rings (SSSR count). The topological polar surface area (TPSA) is 72.7 Å². The van der Waals surface area contributed by atoms with E-state index in [4.69, 9.17) is 0 Å². The van der Waals surface area contributed by atoms with Crippen molar-refractivity contribution in [2.45, 2.75) is 25.0 Å². The molecule has 0 saturated heterocycles. The lowest BCUT2D eigenvalue weighted by Gasteiger charge is -2.12. The first-order valence-corrected chi connectivity index (χ1v) is 11.1. The molecule has 0 radical (unpaired) electrons. The summed E-state index contributed by atoms with van der Waals surface area (Å²) in [5, 5.41) is 14.9. The second kappa shape index (κ2) is 7.79. The lowest BCUT2D eigenvalue weighted by molar-refractivity contribution is -0.113. The van der Waals surface area contributed by atoms with Crippen molar-refractivity contribution < 1.29 is 4.79 Å². The number of thioether (sulfide) groups is 1. The summed E-state index contributed by atoms with van der Waals surface area (Å²) >= 11 is 4.49. The van der Waals surface area contributed by atoms with E-state index in [1.807, 2.05) is 41.8 Å². The van der Waals surface area contributed by atoms with E-state index in [9.17, 15) is 4.79 Å². The molecule has 4 aromatic rings. The molecule has 6 nitrogen and oxygen atoms in total. The molecule has 9 heteroatoms. The second-order valence-corrected chi connectivity index (χ2v) is 8.99. The highest BCUT2D eigenvalue weighted by molar-refractivity contribution is 7.99. The largest absolute Gasteiger partial charge is 0.301 e. The van der Waals surface area contributed by atoms with E-state index in [1.54, 1.807) is 11.3 Å². The fourth-order valence-electron chi connectivity index (χ4n) is 2.63. The average molecular weight is 416 g/mol. The standard InChI is InChI=1S/C18H17N5OS3/c1-11(2)23-16(14-8-5-9-25-14)21-22-18(23)26-10-15(24)20-17-19-12-6-3-4-7-13(12)27-17/h3-9,11H,10H2,1-2H3,(H,19,20,24). The summed E-state index contributed by atoms with van der Waals surface area (Å²) in [6.07, 6.45) is 0. The number of rotatable bonds is 6. The summed E-state index contributed by atoms with van der Waals surface area (Å²) in [4.78, 5) is 17.9. The van der Waals surface area contributed by atoms with Crippen LogP contribution in [0.4, 0.5) is 5.13 Å². The molecule has 1 N–H and O–H groups in total. The summed E-state index contributed by atoms with van der Waals surface area (Å²) in [7, 11) is 0. The van der Waals surface area contributed by atoms with Gasteiger partial charge in [0, 0.05) is 6.04 Å². The van der Waals surface area contributed by atoms with E-state index >= 15 is 0 Å². The SMILES string of the molecule is CC(C)n1c(SCC(=O)Nc2nc3ccccc3s2)nnc1-c1cccs1. The molecule has 1 amide bonds. The van der Waals surface area contributed by atoms with E-state index in [2.05, 4.69) is 38.9 Å². The number of hydrogen-bond donors (Lipinski definition) is 1. The predicted molar refractivity (Wildman–Crippen MR) is 113 cm³/mol. The first-order valence-electron chi connectivity index (χ1n) is 8.39. The molecule has 1 aromatic carbocycles. The van der Waals surface area contributed by atoms with Gasteiger partial charge in [0.25, 0.3) is 0 Å². The molecular formula is C18H17N5OS3. The van der Waals surface area contributed by atoms with Gasteiger partial charge < -0.3 is 5.32 Å². The summed E-state index contributed by atoms with van der Waals surface area (Å²) in [6.45, 7) is 4.18. The highest BCUT2D eigenvalue weighted by atomic mass is 32.2. The van der Waals surface area contributed by atoms with Crippen LogP contribution in [0.25, 0.3) is 20.9 Å². The third-order valence-electron chi connectivity index (χ3n) is 3.80. The number of aromatic nitrogens is 4. The Hall–Kier alpha value is -2.23. The van der Waals surface area contributed by atoms with Gasteiger partial charge in [-0.25, -0.2) is 4.98 Å². The second-order valence-electron chi connectivity index (χ2n) is 6.07. The van der Waals surface area contributed by atoms with Gasteiger partial charge in [0.15, 0.2) is 16.1 Å². The van der Waals surface area contributed by atoms with Crippen molar-refractivity contribution in [2.24, 2.45) is 0 Å². The van der Waals surface area contributed by atoms with Crippen molar-refractivity contribution in [3.8, 4) is 10.7 Å². The lowest BCUT2D eigenvalue weighted by Crippen LogP contribution is -2.14. The van der Waals surface area contributed by atoms with Crippen molar-refractivity contribution in [2.75, 3.05) is 11.1 Å². The maximum atomic E-state index is 12.4. The molecule has 27 heavy (non-hydrogen) atoms. The first-order chi connectivity index (χ1) is 13.1. The number of fused-ring (bicyclic) bond motifs is 1. The summed E-state index contributed by atoms with van der Waals surface area (Å²) < 4.78 is 3.13. The lowest BCUT2D eigenvalue weighted by atomic mass is 10.3. The Morgan fingerprint density at radius 1 is 1.22 bits per heavy atom. The van der Waals surface area contributed by atoms with Crippen molar-refractivity contribution in [3.63, 3.8) is 0 Å². The summed E-state index contributed by atoms with van der Waals surface area (Å²) in [6, 6.07) is 12.1. The summed E-state index contributed by atoms with van der Waals surface area (Å²) in [5.41, 5.74) is 0.894. The zero-order chi connectivity index (χ0) is 18.8. The number of anilines is 1. The van der Waals surface area contributed by atoms with Crippen LogP contribution >= 0.6 is 34.4 Å². The van der Waals surface area contributed by atoms with Gasteiger partial charge in [0.1, 0.15) is 0 Å². The maximum Gasteiger partial charge on any atom is 0.236 e. The minimum Gasteiger partial charge on any atom is -0.301 e. The van der Waals surface area contributed by atoms with Gasteiger partial charge >= 0.3 is 0 Å². The van der Waals surface area contributed by atoms with E-state index in [0.29, 0.717) is 5.13 Å². The fourth-order valence-corrected chi connectivity index (χ4v) is 5.08. The minimum absolute atomic E-state index is 0.102. The molecular weight excluding hydrogens is 398 g/mol. The number of nitrogens with one attached hydrogen (secondary N) is 1. The molecule has 0 bridgehead atoms. The predicted octanol–water partition coefficient (Wildman–Crippen LogP) is 4.93. The van der Waals surface area contributed by atoms with Gasteiger partial charge in [-0.15, -0.1) is 21.5 Å². The number of benzene rings is 1. The third-order valence-corrected chi connectivity index (χ3v) is 6.56. The Morgan fingerprint density at radius 2 is 2.07 bits per heavy atom. The Labute approximate surface area is 168 Å². The van der Waals surface area contributed by atoms with Crippen molar-refractivity contribution in [3.05, 3.63) is 41.8 Å². The Bertz CT molecular complexity index is 1040. The highest BCUT2D eigenvalue weighted by Gasteiger charge is 2.18. The molecule has 0 saturated carbocycles. The van der Waals surface area contributed by atoms with Gasteiger partial charge in [-0.2, -0.15) is 0 Å². The van der Waals surface area contributed by atoms with Crippen LogP contribution in [-0.2, 0) is 4.79 Å². The van der Waals surface area contributed by atoms with Gasteiger partial charge in [-0.1, -0.05) is 41.3 Å². The minimum atomic E-state index is -0.102. The Kier molecular flexibility index (Phi) is 5.24. The Morgan fingerprint density at radius 3 is 2.81 bits per heavy atom. The van der Waals surface area contributed by atoms with Gasteiger partial charge in [0.2, 0.25) is 5.91 Å². The molecule has 0 aliphatic carbocycles. The molecule has 138 valence electrons. The van der Waals surface area contributed by atoms with E-state index in [1.165, 1.54) is 23.1 Å². The van der Waals surface area contributed by atoms with Crippen LogP contribution in [0.1, 0.15) is 19.9 Å². The number of thiophene rings is 1. The maximum absolute atomic E-state index is 12.4. The zero-order valence-corrected chi connectivity index (χ0v) is 17.2. The molecule has 0 atom stereocenters. The molecule has 0 aliphatic heterocycles. The van der Waals surface area contributed by atoms with Crippen LogP contribution in [0.5, 0.6) is 0 Å². The monoisotopic (exact) mass is 415 g/mol. The normalized spacial score (nSPS) is 11.4. The number of amides is 1. The molecule has 3 aromatic heterocycles. The average Bonchev–Trinajstić information content (AvgIpc) is 3.37. The smallest absolute Gasteiger partial charge is 0.236 e. The van der Waals surface area contributed by atoms with Gasteiger partial charge in [-0.05, 0) is 37.4 Å². The van der Waals surface area contributed by atoms with E-state index in [-0.39, 0.29) is 17.7 Å². The number of nitrogens with zero attached hydrogens (tertiary/aromatic N) is 4. The fraction of sp³-hybridized carbons (Fsp3) is 0.222. The molecule has 3 heterocycles. The number of thiazole rings is 1. The van der Waals surface area contributed by atoms with Crippen LogP contribution in [0.3, 0.4) is 0 Å². The van der Waals surface area contributed by atoms with Crippen LogP contribution in [-0.4, -0.2) is 31.4 Å².